The molecule has 3 saturated carbocycles. The zero-order valence-corrected chi connectivity index (χ0v) is 16.2. The smallest absolute Gasteiger partial charge is 0.0544 e. The Morgan fingerprint density at radius 1 is 0.958 bits per heavy atom. The van der Waals surface area contributed by atoms with E-state index in [1.54, 1.807) is 0 Å². The lowest BCUT2D eigenvalue weighted by molar-refractivity contribution is -0.110. The summed E-state index contributed by atoms with van der Waals surface area (Å²) < 4.78 is 0. The highest BCUT2D eigenvalue weighted by atomic mass is 16.3. The first kappa shape index (κ1) is 18.7. The van der Waals surface area contributed by atoms with Crippen molar-refractivity contribution in [3.63, 3.8) is 0 Å². The van der Waals surface area contributed by atoms with Crippen LogP contribution in [0.1, 0.15) is 72.6 Å². The molecule has 0 radical (unpaired) electrons. The van der Waals surface area contributed by atoms with Gasteiger partial charge in [0.05, 0.1) is 6.10 Å². The van der Waals surface area contributed by atoms with Crippen LogP contribution >= 0.6 is 0 Å². The fourth-order valence-corrected chi connectivity index (χ4v) is 7.10. The molecule has 24 heavy (non-hydrogen) atoms. The molecule has 3 heteroatoms. The molecule has 140 valence electrons. The van der Waals surface area contributed by atoms with Gasteiger partial charge in [-0.1, -0.05) is 27.7 Å². The van der Waals surface area contributed by atoms with Gasteiger partial charge in [-0.05, 0) is 91.4 Å². The molecule has 0 aromatic rings. The van der Waals surface area contributed by atoms with Crippen molar-refractivity contribution in [1.82, 2.24) is 0 Å². The molecule has 3 rings (SSSR count). The van der Waals surface area contributed by atoms with Crippen molar-refractivity contribution in [1.29, 1.82) is 0 Å². The Balaban J connectivity index is 1.90. The van der Waals surface area contributed by atoms with E-state index in [2.05, 4.69) is 27.7 Å². The quantitative estimate of drug-likeness (QED) is 0.737. The third-order valence-electron chi connectivity index (χ3n) is 9.30. The van der Waals surface area contributed by atoms with Crippen molar-refractivity contribution in [2.75, 3.05) is 13.2 Å². The van der Waals surface area contributed by atoms with E-state index in [0.717, 1.165) is 31.7 Å². The molecule has 7 atom stereocenters. The summed E-state index contributed by atoms with van der Waals surface area (Å²) in [5.74, 6) is 2.11. The maximum atomic E-state index is 10.1. The first-order valence-corrected chi connectivity index (χ1v) is 10.2. The van der Waals surface area contributed by atoms with Crippen LogP contribution in [0, 0.1) is 39.9 Å². The molecule has 0 bridgehead atoms. The maximum absolute atomic E-state index is 10.1. The molecule has 0 aromatic carbocycles. The summed E-state index contributed by atoms with van der Waals surface area (Å²) in [5, 5.41) is 20.1. The Kier molecular flexibility index (Phi) is 4.86. The largest absolute Gasteiger partial charge is 0.396 e. The second-order valence-electron chi connectivity index (χ2n) is 10.3. The molecule has 0 aliphatic heterocycles. The summed E-state index contributed by atoms with van der Waals surface area (Å²) in [6.45, 7) is 10.8. The highest BCUT2D eigenvalue weighted by Gasteiger charge is 2.60. The molecule has 0 amide bonds. The van der Waals surface area contributed by atoms with Gasteiger partial charge in [-0.3, -0.25) is 0 Å². The van der Waals surface area contributed by atoms with E-state index >= 15 is 0 Å². The number of hydrogen-bond acceptors (Lipinski definition) is 3. The van der Waals surface area contributed by atoms with Gasteiger partial charge < -0.3 is 15.9 Å². The van der Waals surface area contributed by atoms with E-state index in [0.29, 0.717) is 22.7 Å². The topological polar surface area (TPSA) is 66.5 Å². The summed E-state index contributed by atoms with van der Waals surface area (Å²) >= 11 is 0. The fraction of sp³-hybridized carbons (Fsp3) is 1.00. The van der Waals surface area contributed by atoms with Crippen molar-refractivity contribution in [2.24, 2.45) is 45.7 Å². The second-order valence-corrected chi connectivity index (χ2v) is 10.3. The molecule has 0 aromatic heterocycles. The number of aliphatic hydroxyl groups excluding tert-OH is 2. The van der Waals surface area contributed by atoms with Crippen molar-refractivity contribution in [3.05, 3.63) is 0 Å². The molecule has 0 heterocycles. The van der Waals surface area contributed by atoms with Crippen molar-refractivity contribution in [3.8, 4) is 0 Å². The molecular formula is C21H39NO2. The molecule has 3 aliphatic rings. The zero-order chi connectivity index (χ0) is 17.8. The molecule has 3 nitrogen and oxygen atoms in total. The van der Waals surface area contributed by atoms with Gasteiger partial charge in [-0.2, -0.15) is 0 Å². The predicted molar refractivity (Wildman–Crippen MR) is 98.4 cm³/mol. The lowest BCUT2D eigenvalue weighted by Crippen LogP contribution is -2.54. The molecular weight excluding hydrogens is 298 g/mol. The van der Waals surface area contributed by atoms with Crippen molar-refractivity contribution >= 4 is 0 Å². The minimum atomic E-state index is -0.231. The van der Waals surface area contributed by atoms with Crippen LogP contribution in [0.4, 0.5) is 0 Å². The molecule has 3 aliphatic carbocycles. The Morgan fingerprint density at radius 3 is 2.25 bits per heavy atom. The van der Waals surface area contributed by atoms with Gasteiger partial charge in [-0.25, -0.2) is 0 Å². The Labute approximate surface area is 148 Å². The first-order valence-electron chi connectivity index (χ1n) is 10.2. The fourth-order valence-electron chi connectivity index (χ4n) is 7.10. The van der Waals surface area contributed by atoms with Crippen LogP contribution in [-0.4, -0.2) is 29.5 Å². The number of fused-ring (bicyclic) bond motifs is 1. The molecule has 3 fully saturated rings. The van der Waals surface area contributed by atoms with Crippen molar-refractivity contribution in [2.45, 2.75) is 78.7 Å². The monoisotopic (exact) mass is 337 g/mol. The second kappa shape index (κ2) is 6.25. The van der Waals surface area contributed by atoms with Crippen LogP contribution in [0.15, 0.2) is 0 Å². The standard InChI is InChI=1S/C21H39NO2/c1-19(2)8-6-18-16(12-22)17(7-10-21(18,19)4)20(3)9-5-15(24)11-14(20)13-23/h14-18,23-24H,5-13,22H2,1-4H3/t14-,15+,16-,17+,18+,20+,21+/m1/s1. The highest BCUT2D eigenvalue weighted by molar-refractivity contribution is 5.09. The van der Waals surface area contributed by atoms with Gasteiger partial charge >= 0.3 is 0 Å². The SMILES string of the molecule is CC1(C)CC[C@H]2[C@H](CN)[C@@H]([C@@]3(C)CC[C@H](O)C[C@@H]3CO)CC[C@@]21C. The van der Waals surface area contributed by atoms with E-state index in [9.17, 15) is 10.2 Å². The Morgan fingerprint density at radius 2 is 1.62 bits per heavy atom. The van der Waals surface area contributed by atoms with Gasteiger partial charge in [0.15, 0.2) is 0 Å². The lowest BCUT2D eigenvalue weighted by Gasteiger charge is -2.58. The first-order chi connectivity index (χ1) is 11.2. The van der Waals surface area contributed by atoms with Crippen LogP contribution in [0.5, 0.6) is 0 Å². The summed E-state index contributed by atoms with van der Waals surface area (Å²) in [7, 11) is 0. The normalized spacial score (nSPS) is 51.4. The van der Waals surface area contributed by atoms with Gasteiger partial charge in [0.1, 0.15) is 0 Å². The lowest BCUT2D eigenvalue weighted by atomic mass is 9.47. The number of hydrogen-bond donors (Lipinski definition) is 3. The van der Waals surface area contributed by atoms with Crippen LogP contribution in [0.3, 0.4) is 0 Å². The predicted octanol–water partition coefficient (Wildman–Crippen LogP) is 3.57. The Hall–Kier alpha value is -0.120. The third kappa shape index (κ3) is 2.57. The summed E-state index contributed by atoms with van der Waals surface area (Å²) in [6, 6.07) is 0. The maximum Gasteiger partial charge on any atom is 0.0544 e. The number of rotatable bonds is 3. The molecule has 0 spiro atoms. The van der Waals surface area contributed by atoms with Gasteiger partial charge in [0, 0.05) is 6.61 Å². The zero-order valence-electron chi connectivity index (χ0n) is 16.2. The van der Waals surface area contributed by atoms with Gasteiger partial charge in [0.25, 0.3) is 0 Å². The number of nitrogens with two attached hydrogens (primary N) is 1. The third-order valence-corrected chi connectivity index (χ3v) is 9.30. The van der Waals surface area contributed by atoms with Crippen LogP contribution < -0.4 is 5.73 Å². The van der Waals surface area contributed by atoms with Crippen LogP contribution in [0.25, 0.3) is 0 Å². The highest BCUT2D eigenvalue weighted by Crippen LogP contribution is 2.67. The van der Waals surface area contributed by atoms with Crippen LogP contribution in [0.2, 0.25) is 0 Å². The van der Waals surface area contributed by atoms with Crippen LogP contribution in [-0.2, 0) is 0 Å². The number of aliphatic hydroxyl groups is 2. The van der Waals surface area contributed by atoms with Gasteiger partial charge in [-0.15, -0.1) is 0 Å². The minimum Gasteiger partial charge on any atom is -0.396 e. The van der Waals surface area contributed by atoms with E-state index < -0.39 is 0 Å². The average molecular weight is 338 g/mol. The average Bonchev–Trinajstić information content (AvgIpc) is 2.79. The molecule has 0 unspecified atom stereocenters. The summed E-state index contributed by atoms with van der Waals surface area (Å²) in [5.41, 5.74) is 7.32. The molecule has 4 N–H and O–H groups in total. The summed E-state index contributed by atoms with van der Waals surface area (Å²) in [6.07, 6.45) is 7.60. The van der Waals surface area contributed by atoms with E-state index in [1.165, 1.54) is 25.7 Å². The van der Waals surface area contributed by atoms with E-state index in [1.807, 2.05) is 0 Å². The van der Waals surface area contributed by atoms with E-state index in [-0.39, 0.29) is 24.0 Å². The summed E-state index contributed by atoms with van der Waals surface area (Å²) in [4.78, 5) is 0. The molecule has 0 saturated heterocycles. The van der Waals surface area contributed by atoms with E-state index in [4.69, 9.17) is 5.73 Å². The minimum absolute atomic E-state index is 0.131. The van der Waals surface area contributed by atoms with Crippen molar-refractivity contribution < 1.29 is 10.2 Å². The Bertz CT molecular complexity index is 465. The van der Waals surface area contributed by atoms with Gasteiger partial charge in [0.2, 0.25) is 0 Å².